The number of hydrogen-bond donors (Lipinski definition) is 0. The molecule has 3 heterocycles. The standard InChI is InChI=1S/C17H22N4O3S3/c1-3-7-20-13(2)18-19-17(20)26-11-16(22)21(10-15-5-4-8-25-15)14-6-9-27(23,24)12-14/h3-5,8,14H,1,6-7,9-12H2,2H3. The Kier molecular flexibility index (Phi) is 6.38. The van der Waals surface area contributed by atoms with Crippen LogP contribution in [-0.4, -0.2) is 57.3 Å². The number of thiophene rings is 1. The molecule has 3 rings (SSSR count). The van der Waals surface area contributed by atoms with Crippen LogP contribution in [0.2, 0.25) is 0 Å². The number of nitrogens with zero attached hydrogens (tertiary/aromatic N) is 4. The Balaban J connectivity index is 1.72. The highest BCUT2D eigenvalue weighted by Crippen LogP contribution is 2.24. The van der Waals surface area contributed by atoms with Crippen LogP contribution < -0.4 is 0 Å². The van der Waals surface area contributed by atoms with Gasteiger partial charge in [-0.3, -0.25) is 4.79 Å². The zero-order valence-electron chi connectivity index (χ0n) is 15.1. The third kappa shape index (κ3) is 4.99. The minimum atomic E-state index is -3.07. The molecule has 1 amide bonds. The minimum Gasteiger partial charge on any atom is -0.333 e. The van der Waals surface area contributed by atoms with Crippen molar-refractivity contribution in [3.63, 3.8) is 0 Å². The van der Waals surface area contributed by atoms with E-state index in [1.165, 1.54) is 11.8 Å². The van der Waals surface area contributed by atoms with Crippen molar-refractivity contribution in [2.24, 2.45) is 0 Å². The SMILES string of the molecule is C=CCn1c(C)nnc1SCC(=O)N(Cc1cccs1)C1CCS(=O)(=O)C1. The Morgan fingerprint density at radius 1 is 1.52 bits per heavy atom. The van der Waals surface area contributed by atoms with E-state index in [0.29, 0.717) is 24.7 Å². The van der Waals surface area contributed by atoms with Crippen LogP contribution in [0.25, 0.3) is 0 Å². The quantitative estimate of drug-likeness (QED) is 0.475. The van der Waals surface area contributed by atoms with E-state index in [2.05, 4.69) is 16.8 Å². The number of aryl methyl sites for hydroxylation is 1. The summed E-state index contributed by atoms with van der Waals surface area (Å²) in [6.07, 6.45) is 2.25. The average molecular weight is 427 g/mol. The van der Waals surface area contributed by atoms with E-state index in [9.17, 15) is 13.2 Å². The molecule has 0 spiro atoms. The Morgan fingerprint density at radius 2 is 2.33 bits per heavy atom. The Labute approximate surface area is 167 Å². The van der Waals surface area contributed by atoms with Crippen molar-refractivity contribution >= 4 is 38.8 Å². The van der Waals surface area contributed by atoms with Crippen molar-refractivity contribution in [3.8, 4) is 0 Å². The van der Waals surface area contributed by atoms with Gasteiger partial charge < -0.3 is 9.47 Å². The minimum absolute atomic E-state index is 0.0422. The van der Waals surface area contributed by atoms with Crippen molar-refractivity contribution in [1.82, 2.24) is 19.7 Å². The van der Waals surface area contributed by atoms with Crippen LogP contribution in [0.1, 0.15) is 17.1 Å². The summed E-state index contributed by atoms with van der Waals surface area (Å²) < 4.78 is 25.7. The summed E-state index contributed by atoms with van der Waals surface area (Å²) in [4.78, 5) is 15.7. The van der Waals surface area contributed by atoms with Crippen LogP contribution >= 0.6 is 23.1 Å². The predicted molar refractivity (Wildman–Crippen MR) is 108 cm³/mol. The van der Waals surface area contributed by atoms with Crippen LogP contribution in [-0.2, 0) is 27.7 Å². The van der Waals surface area contributed by atoms with E-state index >= 15 is 0 Å². The molecule has 2 aromatic heterocycles. The van der Waals surface area contributed by atoms with E-state index in [1.54, 1.807) is 22.3 Å². The summed E-state index contributed by atoms with van der Waals surface area (Å²) in [5, 5.41) is 10.8. The lowest BCUT2D eigenvalue weighted by Gasteiger charge is -2.27. The fourth-order valence-electron chi connectivity index (χ4n) is 3.03. The van der Waals surface area contributed by atoms with Gasteiger partial charge in [0, 0.05) is 17.5 Å². The normalized spacial score (nSPS) is 18.5. The second-order valence-electron chi connectivity index (χ2n) is 6.38. The molecule has 0 N–H and O–H groups in total. The lowest BCUT2D eigenvalue weighted by atomic mass is 10.2. The molecule has 2 aromatic rings. The topological polar surface area (TPSA) is 85.2 Å². The van der Waals surface area contributed by atoms with Crippen molar-refractivity contribution in [3.05, 3.63) is 40.9 Å². The van der Waals surface area contributed by atoms with Gasteiger partial charge in [-0.1, -0.05) is 23.9 Å². The van der Waals surface area contributed by atoms with Crippen molar-refractivity contribution < 1.29 is 13.2 Å². The first-order chi connectivity index (χ1) is 12.9. The fourth-order valence-corrected chi connectivity index (χ4v) is 6.34. The first-order valence-corrected chi connectivity index (χ1v) is 12.2. The molecule has 0 aliphatic carbocycles. The Bertz CT molecular complexity index is 906. The van der Waals surface area contributed by atoms with Gasteiger partial charge in [-0.15, -0.1) is 28.1 Å². The molecule has 10 heteroatoms. The number of sulfone groups is 1. The number of thioether (sulfide) groups is 1. The molecule has 1 aliphatic rings. The second-order valence-corrected chi connectivity index (χ2v) is 10.6. The third-order valence-electron chi connectivity index (χ3n) is 4.41. The summed E-state index contributed by atoms with van der Waals surface area (Å²) in [7, 11) is -3.07. The molecule has 0 radical (unpaired) electrons. The van der Waals surface area contributed by atoms with Crippen LogP contribution in [0, 0.1) is 6.92 Å². The van der Waals surface area contributed by atoms with Crippen LogP contribution in [0.15, 0.2) is 35.3 Å². The first-order valence-electron chi connectivity index (χ1n) is 8.55. The van der Waals surface area contributed by atoms with E-state index in [4.69, 9.17) is 0 Å². The molecule has 1 unspecified atom stereocenters. The molecule has 0 saturated carbocycles. The maximum absolute atomic E-state index is 13.0. The van der Waals surface area contributed by atoms with Gasteiger partial charge in [-0.05, 0) is 24.8 Å². The van der Waals surface area contributed by atoms with E-state index in [0.717, 1.165) is 10.7 Å². The highest BCUT2D eigenvalue weighted by Gasteiger charge is 2.34. The molecule has 0 aromatic carbocycles. The fraction of sp³-hybridized carbons (Fsp3) is 0.471. The first kappa shape index (κ1) is 20.1. The molecule has 27 heavy (non-hydrogen) atoms. The summed E-state index contributed by atoms with van der Waals surface area (Å²) >= 11 is 2.89. The zero-order chi connectivity index (χ0) is 19.4. The maximum Gasteiger partial charge on any atom is 0.233 e. The predicted octanol–water partition coefficient (Wildman–Crippen LogP) is 2.14. The molecule has 1 aliphatic heterocycles. The molecule has 7 nitrogen and oxygen atoms in total. The largest absolute Gasteiger partial charge is 0.333 e. The van der Waals surface area contributed by atoms with Crippen molar-refractivity contribution in [2.45, 2.75) is 37.6 Å². The number of aromatic nitrogens is 3. The van der Waals surface area contributed by atoms with Crippen LogP contribution in [0.4, 0.5) is 0 Å². The highest BCUT2D eigenvalue weighted by atomic mass is 32.2. The summed E-state index contributed by atoms with van der Waals surface area (Å²) in [5.41, 5.74) is 0. The van der Waals surface area contributed by atoms with Gasteiger partial charge in [0.15, 0.2) is 15.0 Å². The average Bonchev–Trinajstić information content (AvgIpc) is 3.33. The molecule has 146 valence electrons. The summed E-state index contributed by atoms with van der Waals surface area (Å²) in [6, 6.07) is 3.63. The number of carbonyl (C=O) groups excluding carboxylic acids is 1. The van der Waals surface area contributed by atoms with Gasteiger partial charge in [-0.2, -0.15) is 0 Å². The van der Waals surface area contributed by atoms with Gasteiger partial charge in [0.1, 0.15) is 5.82 Å². The lowest BCUT2D eigenvalue weighted by Crippen LogP contribution is -2.41. The second kappa shape index (κ2) is 8.57. The zero-order valence-corrected chi connectivity index (χ0v) is 17.5. The molecule has 1 saturated heterocycles. The van der Waals surface area contributed by atoms with E-state index in [1.807, 2.05) is 29.0 Å². The van der Waals surface area contributed by atoms with Gasteiger partial charge in [-0.25, -0.2) is 8.42 Å². The Hall–Kier alpha value is -1.65. The summed E-state index contributed by atoms with van der Waals surface area (Å²) in [5.74, 6) is 1.06. The molecular formula is C17H22N4O3S3. The molecule has 1 atom stereocenters. The number of hydrogen-bond acceptors (Lipinski definition) is 7. The van der Waals surface area contributed by atoms with Crippen LogP contribution in [0.3, 0.4) is 0 Å². The number of amides is 1. The van der Waals surface area contributed by atoms with Crippen molar-refractivity contribution in [1.29, 1.82) is 0 Å². The van der Waals surface area contributed by atoms with Gasteiger partial charge >= 0.3 is 0 Å². The maximum atomic E-state index is 13.0. The van der Waals surface area contributed by atoms with Gasteiger partial charge in [0.05, 0.1) is 23.8 Å². The molecule has 1 fully saturated rings. The highest BCUT2D eigenvalue weighted by molar-refractivity contribution is 7.99. The van der Waals surface area contributed by atoms with Gasteiger partial charge in [0.25, 0.3) is 0 Å². The molecular weight excluding hydrogens is 404 g/mol. The van der Waals surface area contributed by atoms with Crippen LogP contribution in [0.5, 0.6) is 0 Å². The summed E-state index contributed by atoms with van der Waals surface area (Å²) in [6.45, 7) is 6.61. The third-order valence-corrected chi connectivity index (χ3v) is 7.98. The number of carbonyl (C=O) groups is 1. The number of rotatable bonds is 8. The van der Waals surface area contributed by atoms with Gasteiger partial charge in [0.2, 0.25) is 5.91 Å². The smallest absolute Gasteiger partial charge is 0.233 e. The van der Waals surface area contributed by atoms with E-state index in [-0.39, 0.29) is 29.2 Å². The number of allylic oxidation sites excluding steroid dienone is 1. The van der Waals surface area contributed by atoms with E-state index < -0.39 is 9.84 Å². The monoisotopic (exact) mass is 426 g/mol. The molecule has 0 bridgehead atoms. The lowest BCUT2D eigenvalue weighted by molar-refractivity contribution is -0.130. The Morgan fingerprint density at radius 3 is 2.96 bits per heavy atom. The van der Waals surface area contributed by atoms with Crippen molar-refractivity contribution in [2.75, 3.05) is 17.3 Å².